The highest BCUT2D eigenvalue weighted by Crippen LogP contribution is 2.28. The second kappa shape index (κ2) is 9.69. The Balaban J connectivity index is 0.00000264. The molecule has 1 aromatic carbocycles. The topological polar surface area (TPSA) is 65.5 Å². The number of carbonyl (C=O) groups excluding carboxylic acids is 1. The summed E-state index contributed by atoms with van der Waals surface area (Å²) in [4.78, 5) is 15.6. The molecule has 1 amide bonds. The fourth-order valence-corrected chi connectivity index (χ4v) is 2.01. The number of hydrogen-bond acceptors (Lipinski definition) is 2. The molecular formula is C16H24FIN4O. The van der Waals surface area contributed by atoms with Crippen LogP contribution in [0.15, 0.2) is 23.2 Å². The molecule has 0 aliphatic heterocycles. The van der Waals surface area contributed by atoms with E-state index >= 15 is 0 Å². The van der Waals surface area contributed by atoms with Crippen LogP contribution in [0.4, 0.5) is 4.39 Å². The zero-order chi connectivity index (χ0) is 15.9. The predicted molar refractivity (Wildman–Crippen MR) is 100 cm³/mol. The largest absolute Gasteiger partial charge is 0.355 e. The highest BCUT2D eigenvalue weighted by Gasteiger charge is 2.28. The van der Waals surface area contributed by atoms with Gasteiger partial charge in [-0.3, -0.25) is 9.79 Å². The van der Waals surface area contributed by atoms with Crippen LogP contribution in [-0.4, -0.2) is 32.0 Å². The molecule has 0 unspecified atom stereocenters. The van der Waals surface area contributed by atoms with E-state index < -0.39 is 0 Å². The lowest BCUT2D eigenvalue weighted by molar-refractivity contribution is -0.122. The van der Waals surface area contributed by atoms with Crippen LogP contribution >= 0.6 is 24.0 Å². The molecule has 5 nitrogen and oxygen atoms in total. The molecule has 2 rings (SSSR count). The minimum Gasteiger partial charge on any atom is -0.355 e. The second-order valence-corrected chi connectivity index (χ2v) is 5.50. The molecular weight excluding hydrogens is 410 g/mol. The molecule has 0 spiro atoms. The van der Waals surface area contributed by atoms with Crippen molar-refractivity contribution in [2.24, 2.45) is 10.9 Å². The number of rotatable bonds is 6. The van der Waals surface area contributed by atoms with E-state index in [1.807, 2.05) is 6.07 Å². The fraction of sp³-hybridized carbons (Fsp3) is 0.500. The molecule has 0 radical (unpaired) electrons. The van der Waals surface area contributed by atoms with Crippen molar-refractivity contribution in [2.75, 3.05) is 20.1 Å². The van der Waals surface area contributed by atoms with E-state index in [1.165, 1.54) is 6.07 Å². The van der Waals surface area contributed by atoms with Crippen molar-refractivity contribution >= 4 is 35.8 Å². The summed E-state index contributed by atoms with van der Waals surface area (Å²) >= 11 is 0. The number of amides is 1. The average Bonchev–Trinajstić information content (AvgIpc) is 3.34. The fourth-order valence-electron chi connectivity index (χ4n) is 2.01. The van der Waals surface area contributed by atoms with Gasteiger partial charge in [0.05, 0.1) is 0 Å². The second-order valence-electron chi connectivity index (χ2n) is 5.50. The molecule has 0 saturated heterocycles. The molecule has 0 heterocycles. The molecule has 1 fully saturated rings. The van der Waals surface area contributed by atoms with Gasteiger partial charge in [-0.15, -0.1) is 24.0 Å². The molecule has 1 saturated carbocycles. The van der Waals surface area contributed by atoms with E-state index in [0.29, 0.717) is 31.2 Å². The van der Waals surface area contributed by atoms with Crippen LogP contribution in [0.3, 0.4) is 0 Å². The maximum atomic E-state index is 13.5. The molecule has 3 N–H and O–H groups in total. The lowest BCUT2D eigenvalue weighted by Crippen LogP contribution is -2.41. The number of guanidine groups is 1. The first-order valence-electron chi connectivity index (χ1n) is 7.57. The van der Waals surface area contributed by atoms with Crippen LogP contribution in [0.5, 0.6) is 0 Å². The number of aryl methyl sites for hydroxylation is 1. The van der Waals surface area contributed by atoms with Gasteiger partial charge in [-0.1, -0.05) is 12.1 Å². The number of hydrogen-bond donors (Lipinski definition) is 3. The van der Waals surface area contributed by atoms with E-state index in [9.17, 15) is 9.18 Å². The summed E-state index contributed by atoms with van der Waals surface area (Å²) in [7, 11) is 1.67. The van der Waals surface area contributed by atoms with Crippen LogP contribution in [0.25, 0.3) is 0 Å². The van der Waals surface area contributed by atoms with Crippen molar-refractivity contribution in [2.45, 2.75) is 26.3 Å². The van der Waals surface area contributed by atoms with Gasteiger partial charge in [0.15, 0.2) is 5.96 Å². The molecule has 1 aliphatic carbocycles. The third kappa shape index (κ3) is 6.72. The first-order chi connectivity index (χ1) is 10.6. The average molecular weight is 434 g/mol. The Morgan fingerprint density at radius 3 is 2.57 bits per heavy atom. The van der Waals surface area contributed by atoms with Crippen LogP contribution in [-0.2, 0) is 11.3 Å². The molecule has 0 aromatic heterocycles. The van der Waals surface area contributed by atoms with Gasteiger partial charge in [0, 0.05) is 32.6 Å². The minimum absolute atomic E-state index is 0. The number of nitrogens with zero attached hydrogens (tertiary/aromatic N) is 1. The Morgan fingerprint density at radius 2 is 1.96 bits per heavy atom. The Hall–Kier alpha value is -1.38. The van der Waals surface area contributed by atoms with Gasteiger partial charge in [-0.25, -0.2) is 4.39 Å². The number of aliphatic imine (C=N–C) groups is 1. The van der Waals surface area contributed by atoms with Crippen molar-refractivity contribution in [3.8, 4) is 0 Å². The Morgan fingerprint density at radius 1 is 1.26 bits per heavy atom. The Labute approximate surface area is 153 Å². The van der Waals surface area contributed by atoms with Crippen LogP contribution in [0.1, 0.15) is 24.0 Å². The summed E-state index contributed by atoms with van der Waals surface area (Å²) in [6, 6.07) is 5.16. The molecule has 23 heavy (non-hydrogen) atoms. The van der Waals surface area contributed by atoms with Gasteiger partial charge in [-0.2, -0.15) is 0 Å². The van der Waals surface area contributed by atoms with Crippen molar-refractivity contribution in [3.05, 3.63) is 35.1 Å². The number of benzene rings is 1. The lowest BCUT2D eigenvalue weighted by atomic mass is 10.1. The summed E-state index contributed by atoms with van der Waals surface area (Å²) in [6.45, 7) is 3.39. The van der Waals surface area contributed by atoms with Crippen molar-refractivity contribution in [1.29, 1.82) is 0 Å². The lowest BCUT2D eigenvalue weighted by Gasteiger charge is -2.12. The highest BCUT2D eigenvalue weighted by atomic mass is 127. The minimum atomic E-state index is -0.204. The standard InChI is InChI=1S/C16H23FN4O.HI/c1-11-3-4-12(9-14(11)17)10-21-16(18-2)20-8-7-19-15(22)13-5-6-13;/h3-4,9,13H,5-8,10H2,1-2H3,(H,19,22)(H2,18,20,21);1H. The molecule has 128 valence electrons. The van der Waals surface area contributed by atoms with Crippen LogP contribution in [0, 0.1) is 18.7 Å². The van der Waals surface area contributed by atoms with E-state index in [2.05, 4.69) is 20.9 Å². The van der Waals surface area contributed by atoms with Crippen molar-refractivity contribution in [3.63, 3.8) is 0 Å². The molecule has 7 heteroatoms. The number of halogens is 2. The summed E-state index contributed by atoms with van der Waals surface area (Å²) in [5, 5.41) is 9.10. The van der Waals surface area contributed by atoms with Gasteiger partial charge in [0.1, 0.15) is 5.82 Å². The van der Waals surface area contributed by atoms with E-state index in [1.54, 1.807) is 20.0 Å². The maximum absolute atomic E-state index is 13.5. The summed E-state index contributed by atoms with van der Waals surface area (Å²) < 4.78 is 13.5. The normalized spacial score (nSPS) is 14.0. The zero-order valence-electron chi connectivity index (χ0n) is 13.5. The summed E-state index contributed by atoms with van der Waals surface area (Å²) in [6.07, 6.45) is 2.02. The summed E-state index contributed by atoms with van der Waals surface area (Å²) in [5.74, 6) is 0.792. The monoisotopic (exact) mass is 434 g/mol. The first kappa shape index (κ1) is 19.7. The highest BCUT2D eigenvalue weighted by molar-refractivity contribution is 14.0. The summed E-state index contributed by atoms with van der Waals surface area (Å²) in [5.41, 5.74) is 1.49. The van der Waals surface area contributed by atoms with E-state index in [-0.39, 0.29) is 41.6 Å². The van der Waals surface area contributed by atoms with Crippen molar-refractivity contribution in [1.82, 2.24) is 16.0 Å². The molecule has 1 aromatic rings. The van der Waals surface area contributed by atoms with Crippen molar-refractivity contribution < 1.29 is 9.18 Å². The van der Waals surface area contributed by atoms with E-state index in [0.717, 1.165) is 18.4 Å². The maximum Gasteiger partial charge on any atom is 0.223 e. The molecule has 1 aliphatic rings. The van der Waals surface area contributed by atoms with Gasteiger partial charge in [-0.05, 0) is 37.0 Å². The third-order valence-corrected chi connectivity index (χ3v) is 3.58. The van der Waals surface area contributed by atoms with E-state index in [4.69, 9.17) is 0 Å². The van der Waals surface area contributed by atoms with Gasteiger partial charge >= 0.3 is 0 Å². The van der Waals surface area contributed by atoms with Crippen LogP contribution in [0.2, 0.25) is 0 Å². The predicted octanol–water partition coefficient (Wildman–Crippen LogP) is 1.94. The van der Waals surface area contributed by atoms with Gasteiger partial charge in [0.25, 0.3) is 0 Å². The number of nitrogens with one attached hydrogen (secondary N) is 3. The SMILES string of the molecule is CN=C(NCCNC(=O)C1CC1)NCc1ccc(C)c(F)c1.I. The smallest absolute Gasteiger partial charge is 0.223 e. The number of carbonyl (C=O) groups is 1. The first-order valence-corrected chi connectivity index (χ1v) is 7.57. The Kier molecular flexibility index (Phi) is 8.29. The molecule has 0 atom stereocenters. The van der Waals surface area contributed by atoms with Gasteiger partial charge < -0.3 is 16.0 Å². The zero-order valence-corrected chi connectivity index (χ0v) is 15.8. The Bertz CT molecular complexity index is 561. The molecule has 0 bridgehead atoms. The quantitative estimate of drug-likeness (QED) is 0.278. The third-order valence-electron chi connectivity index (χ3n) is 3.58. The van der Waals surface area contributed by atoms with Crippen LogP contribution < -0.4 is 16.0 Å². The van der Waals surface area contributed by atoms with Gasteiger partial charge in [0.2, 0.25) is 5.91 Å².